The SMILES string of the molecule is Cc1nc(NCC2OCCc3ccccc32)c2c(C)noc2n1. The second-order valence-electron chi connectivity index (χ2n) is 5.76. The molecular formula is C17H18N4O2. The van der Waals surface area contributed by atoms with E-state index in [1.165, 1.54) is 11.1 Å². The predicted molar refractivity (Wildman–Crippen MR) is 86.4 cm³/mol. The van der Waals surface area contributed by atoms with E-state index in [0.29, 0.717) is 18.1 Å². The summed E-state index contributed by atoms with van der Waals surface area (Å²) in [5.41, 5.74) is 3.90. The molecule has 1 aliphatic rings. The summed E-state index contributed by atoms with van der Waals surface area (Å²) in [6.45, 7) is 5.12. The first-order chi connectivity index (χ1) is 11.2. The van der Waals surface area contributed by atoms with Crippen LogP contribution in [0.1, 0.15) is 28.7 Å². The fourth-order valence-electron chi connectivity index (χ4n) is 3.06. The zero-order valence-electron chi connectivity index (χ0n) is 13.2. The first-order valence-electron chi connectivity index (χ1n) is 7.76. The first kappa shape index (κ1) is 14.1. The number of hydrogen-bond acceptors (Lipinski definition) is 6. The summed E-state index contributed by atoms with van der Waals surface area (Å²) < 4.78 is 11.2. The van der Waals surface area contributed by atoms with Gasteiger partial charge in [-0.1, -0.05) is 29.4 Å². The predicted octanol–water partition coefficient (Wildman–Crippen LogP) is 2.96. The largest absolute Gasteiger partial charge is 0.371 e. The first-order valence-corrected chi connectivity index (χ1v) is 7.76. The Bertz CT molecular complexity index is 859. The number of hydrogen-bond donors (Lipinski definition) is 1. The van der Waals surface area contributed by atoms with Crippen molar-refractivity contribution in [3.8, 4) is 0 Å². The summed E-state index contributed by atoms with van der Waals surface area (Å²) in [5, 5.41) is 8.20. The normalized spacial score (nSPS) is 17.2. The highest BCUT2D eigenvalue weighted by molar-refractivity contribution is 5.87. The number of nitrogens with one attached hydrogen (secondary N) is 1. The maximum atomic E-state index is 5.94. The molecule has 6 nitrogen and oxygen atoms in total. The van der Waals surface area contributed by atoms with Crippen LogP contribution in [0.3, 0.4) is 0 Å². The molecule has 1 N–H and O–H groups in total. The smallest absolute Gasteiger partial charge is 0.263 e. The average Bonchev–Trinajstić information content (AvgIpc) is 2.93. The van der Waals surface area contributed by atoms with Crippen LogP contribution in [0.2, 0.25) is 0 Å². The fourth-order valence-corrected chi connectivity index (χ4v) is 3.06. The molecule has 4 rings (SSSR count). The third-order valence-corrected chi connectivity index (χ3v) is 4.17. The molecule has 2 aromatic heterocycles. The zero-order chi connectivity index (χ0) is 15.8. The fraction of sp³-hybridized carbons (Fsp3) is 0.353. The van der Waals surface area contributed by atoms with Gasteiger partial charge < -0.3 is 14.6 Å². The lowest BCUT2D eigenvalue weighted by Crippen LogP contribution is -2.23. The molecule has 0 aliphatic carbocycles. The van der Waals surface area contributed by atoms with E-state index in [4.69, 9.17) is 9.26 Å². The van der Waals surface area contributed by atoms with Crippen LogP contribution >= 0.6 is 0 Å². The van der Waals surface area contributed by atoms with E-state index in [1.54, 1.807) is 0 Å². The Balaban J connectivity index is 1.62. The summed E-state index contributed by atoms with van der Waals surface area (Å²) in [5.74, 6) is 1.40. The second kappa shape index (κ2) is 5.62. The van der Waals surface area contributed by atoms with Gasteiger partial charge in [-0.15, -0.1) is 0 Å². The van der Waals surface area contributed by atoms with E-state index in [2.05, 4.69) is 44.7 Å². The lowest BCUT2D eigenvalue weighted by molar-refractivity contribution is 0.0513. The zero-order valence-corrected chi connectivity index (χ0v) is 13.2. The molecule has 1 aromatic carbocycles. The molecule has 1 aliphatic heterocycles. The molecule has 0 bridgehead atoms. The lowest BCUT2D eigenvalue weighted by atomic mass is 9.97. The van der Waals surface area contributed by atoms with E-state index < -0.39 is 0 Å². The van der Waals surface area contributed by atoms with Gasteiger partial charge in [-0.2, -0.15) is 4.98 Å². The minimum Gasteiger partial charge on any atom is -0.371 e. The number of nitrogens with zero attached hydrogens (tertiary/aromatic N) is 3. The van der Waals surface area contributed by atoms with Gasteiger partial charge in [0.05, 0.1) is 18.4 Å². The summed E-state index contributed by atoms with van der Waals surface area (Å²) in [7, 11) is 0. The van der Waals surface area contributed by atoms with Crippen molar-refractivity contribution in [3.05, 3.63) is 46.9 Å². The topological polar surface area (TPSA) is 73.1 Å². The molecular weight excluding hydrogens is 292 g/mol. The van der Waals surface area contributed by atoms with Crippen LogP contribution < -0.4 is 5.32 Å². The van der Waals surface area contributed by atoms with E-state index in [1.807, 2.05) is 13.8 Å². The summed E-state index contributed by atoms with van der Waals surface area (Å²) >= 11 is 0. The van der Waals surface area contributed by atoms with Crippen LogP contribution in [0.5, 0.6) is 0 Å². The van der Waals surface area contributed by atoms with Crippen molar-refractivity contribution >= 4 is 16.9 Å². The minimum absolute atomic E-state index is 0.0189. The molecule has 3 heterocycles. The minimum atomic E-state index is 0.0189. The molecule has 0 spiro atoms. The van der Waals surface area contributed by atoms with Crippen LogP contribution in [-0.4, -0.2) is 28.3 Å². The van der Waals surface area contributed by atoms with E-state index in [0.717, 1.165) is 29.9 Å². The van der Waals surface area contributed by atoms with Crippen LogP contribution in [0, 0.1) is 13.8 Å². The van der Waals surface area contributed by atoms with Crippen molar-refractivity contribution in [2.45, 2.75) is 26.4 Å². The van der Waals surface area contributed by atoms with Gasteiger partial charge in [-0.3, -0.25) is 0 Å². The van der Waals surface area contributed by atoms with Crippen molar-refractivity contribution in [1.29, 1.82) is 0 Å². The Kier molecular flexibility index (Phi) is 3.46. The summed E-state index contributed by atoms with van der Waals surface area (Å²) in [6, 6.07) is 8.43. The Hall–Kier alpha value is -2.47. The lowest BCUT2D eigenvalue weighted by Gasteiger charge is -2.26. The maximum Gasteiger partial charge on any atom is 0.263 e. The van der Waals surface area contributed by atoms with Gasteiger partial charge in [-0.25, -0.2) is 4.98 Å². The number of aromatic nitrogens is 3. The van der Waals surface area contributed by atoms with Gasteiger partial charge in [0.15, 0.2) is 0 Å². The Morgan fingerprint density at radius 3 is 3.00 bits per heavy atom. The Morgan fingerprint density at radius 1 is 1.22 bits per heavy atom. The molecule has 0 radical (unpaired) electrons. The molecule has 118 valence electrons. The molecule has 0 saturated heterocycles. The molecule has 0 saturated carbocycles. The Labute approximate surface area is 133 Å². The molecule has 1 unspecified atom stereocenters. The highest BCUT2D eigenvalue weighted by Crippen LogP contribution is 2.29. The number of benzene rings is 1. The average molecular weight is 310 g/mol. The number of rotatable bonds is 3. The highest BCUT2D eigenvalue weighted by Gasteiger charge is 2.21. The van der Waals surface area contributed by atoms with Crippen molar-refractivity contribution < 1.29 is 9.26 Å². The van der Waals surface area contributed by atoms with Gasteiger partial charge in [0.2, 0.25) is 0 Å². The van der Waals surface area contributed by atoms with E-state index in [-0.39, 0.29) is 6.10 Å². The van der Waals surface area contributed by atoms with Crippen LogP contribution in [0.25, 0.3) is 11.1 Å². The monoisotopic (exact) mass is 310 g/mol. The van der Waals surface area contributed by atoms with Crippen LogP contribution in [0.4, 0.5) is 5.82 Å². The second-order valence-corrected chi connectivity index (χ2v) is 5.76. The molecule has 3 aromatic rings. The van der Waals surface area contributed by atoms with Gasteiger partial charge in [0.25, 0.3) is 5.71 Å². The molecule has 1 atom stereocenters. The van der Waals surface area contributed by atoms with Gasteiger partial charge >= 0.3 is 0 Å². The Morgan fingerprint density at radius 2 is 2.09 bits per heavy atom. The number of anilines is 1. The molecule has 6 heteroatoms. The summed E-state index contributed by atoms with van der Waals surface area (Å²) in [4.78, 5) is 8.77. The quantitative estimate of drug-likeness (QED) is 0.802. The molecule has 23 heavy (non-hydrogen) atoms. The van der Waals surface area contributed by atoms with E-state index in [9.17, 15) is 0 Å². The standard InChI is InChI=1S/C17H18N4O2/c1-10-15-16(19-11(2)20-17(15)23-21-10)18-9-14-13-6-4-3-5-12(13)7-8-22-14/h3-6,14H,7-9H2,1-2H3,(H,18,19,20). The third kappa shape index (κ3) is 2.55. The number of fused-ring (bicyclic) bond motifs is 2. The van der Waals surface area contributed by atoms with Crippen molar-refractivity contribution in [2.75, 3.05) is 18.5 Å². The van der Waals surface area contributed by atoms with Crippen molar-refractivity contribution in [3.63, 3.8) is 0 Å². The number of aryl methyl sites for hydroxylation is 2. The van der Waals surface area contributed by atoms with Gasteiger partial charge in [0.1, 0.15) is 17.0 Å². The number of ether oxygens (including phenoxy) is 1. The van der Waals surface area contributed by atoms with Crippen LogP contribution in [-0.2, 0) is 11.2 Å². The van der Waals surface area contributed by atoms with Gasteiger partial charge in [-0.05, 0) is 31.4 Å². The van der Waals surface area contributed by atoms with E-state index >= 15 is 0 Å². The molecule has 0 amide bonds. The van der Waals surface area contributed by atoms with Crippen molar-refractivity contribution in [2.24, 2.45) is 0 Å². The van der Waals surface area contributed by atoms with Gasteiger partial charge in [0, 0.05) is 6.54 Å². The molecule has 0 fully saturated rings. The van der Waals surface area contributed by atoms with Crippen molar-refractivity contribution in [1.82, 2.24) is 15.1 Å². The maximum absolute atomic E-state index is 5.94. The highest BCUT2D eigenvalue weighted by atomic mass is 16.5. The van der Waals surface area contributed by atoms with Crippen LogP contribution in [0.15, 0.2) is 28.8 Å². The summed E-state index contributed by atoms with van der Waals surface area (Å²) in [6.07, 6.45) is 0.985. The third-order valence-electron chi connectivity index (χ3n) is 4.17.